The third-order valence-electron chi connectivity index (χ3n) is 4.10. The van der Waals surface area contributed by atoms with E-state index in [1.54, 1.807) is 0 Å². The van der Waals surface area contributed by atoms with E-state index in [2.05, 4.69) is 15.6 Å². The molecule has 3 rings (SSSR count). The van der Waals surface area contributed by atoms with Gasteiger partial charge in [-0.25, -0.2) is 32.1 Å². The summed E-state index contributed by atoms with van der Waals surface area (Å²) >= 11 is 0. The number of primary sulfonamides is 2. The third-order valence-corrected chi connectivity index (χ3v) is 5.95. The van der Waals surface area contributed by atoms with Gasteiger partial charge in [0.1, 0.15) is 11.4 Å². The SMILES string of the molecule is NS(=O)(=O)c1ccc(NC(=O)c2cccc(C(=O)Nc3ccc(S(N)(=O)=O)cc3)n2)cc1. The fraction of sp³-hybridized carbons (Fsp3) is 0. The van der Waals surface area contributed by atoms with Crippen LogP contribution in [0.4, 0.5) is 11.4 Å². The van der Waals surface area contributed by atoms with E-state index in [9.17, 15) is 26.4 Å². The number of nitrogens with two attached hydrogens (primary N) is 2. The fourth-order valence-corrected chi connectivity index (χ4v) is 3.56. The minimum Gasteiger partial charge on any atom is -0.321 e. The Morgan fingerprint density at radius 1 is 0.625 bits per heavy atom. The maximum Gasteiger partial charge on any atom is 0.274 e. The van der Waals surface area contributed by atoms with Crippen molar-refractivity contribution < 1.29 is 26.4 Å². The summed E-state index contributed by atoms with van der Waals surface area (Å²) in [6.45, 7) is 0. The highest BCUT2D eigenvalue weighted by Gasteiger charge is 2.14. The lowest BCUT2D eigenvalue weighted by Gasteiger charge is -2.08. The number of nitrogens with one attached hydrogen (secondary N) is 2. The van der Waals surface area contributed by atoms with Crippen LogP contribution < -0.4 is 20.9 Å². The Balaban J connectivity index is 1.71. The molecule has 0 aliphatic carbocycles. The number of hydrogen-bond donors (Lipinski definition) is 4. The van der Waals surface area contributed by atoms with Crippen molar-refractivity contribution in [3.63, 3.8) is 0 Å². The molecule has 0 aliphatic rings. The van der Waals surface area contributed by atoms with Gasteiger partial charge in [-0.3, -0.25) is 9.59 Å². The first kappa shape index (κ1) is 23.0. The Kier molecular flexibility index (Phi) is 6.36. The van der Waals surface area contributed by atoms with Crippen molar-refractivity contribution in [3.05, 3.63) is 78.1 Å². The average Bonchev–Trinajstić information content (AvgIpc) is 2.73. The van der Waals surface area contributed by atoms with E-state index in [-0.39, 0.29) is 21.2 Å². The standard InChI is InChI=1S/C19H17N5O6S2/c20-31(27,28)14-8-4-12(5-9-14)22-18(25)16-2-1-3-17(24-16)19(26)23-13-6-10-15(11-7-13)32(21,29)30/h1-11H,(H,22,25)(H,23,26)(H2,20,27,28)(H2,21,29,30). The Hall–Kier alpha value is -3.65. The molecule has 0 spiro atoms. The highest BCUT2D eigenvalue weighted by molar-refractivity contribution is 7.89. The van der Waals surface area contributed by atoms with E-state index in [4.69, 9.17) is 10.3 Å². The molecule has 2 amide bonds. The molecule has 6 N–H and O–H groups in total. The second kappa shape index (κ2) is 8.84. The molecule has 0 saturated heterocycles. The van der Waals surface area contributed by atoms with Gasteiger partial charge in [-0.2, -0.15) is 0 Å². The van der Waals surface area contributed by atoms with Gasteiger partial charge in [-0.05, 0) is 60.7 Å². The normalized spacial score (nSPS) is 11.6. The molecule has 0 aliphatic heterocycles. The number of benzene rings is 2. The maximum absolute atomic E-state index is 12.4. The number of carbonyl (C=O) groups excluding carboxylic acids is 2. The van der Waals surface area contributed by atoms with E-state index in [1.165, 1.54) is 66.7 Å². The van der Waals surface area contributed by atoms with Crippen LogP contribution in [-0.4, -0.2) is 33.6 Å². The minimum atomic E-state index is -3.86. The second-order valence-corrected chi connectivity index (χ2v) is 9.58. The maximum atomic E-state index is 12.4. The first-order valence-electron chi connectivity index (χ1n) is 8.79. The molecule has 11 nitrogen and oxygen atoms in total. The number of carbonyl (C=O) groups is 2. The lowest BCUT2D eigenvalue weighted by molar-refractivity contribution is 0.101. The summed E-state index contributed by atoms with van der Waals surface area (Å²) in [7, 11) is -7.71. The largest absolute Gasteiger partial charge is 0.321 e. The van der Waals surface area contributed by atoms with Gasteiger partial charge in [0, 0.05) is 11.4 Å². The molecule has 3 aromatic rings. The van der Waals surface area contributed by atoms with E-state index in [0.717, 1.165) is 0 Å². The van der Waals surface area contributed by atoms with Gasteiger partial charge in [0.2, 0.25) is 20.0 Å². The van der Waals surface area contributed by atoms with Crippen molar-refractivity contribution in [1.82, 2.24) is 4.98 Å². The molecule has 2 aromatic carbocycles. The lowest BCUT2D eigenvalue weighted by atomic mass is 10.2. The van der Waals surface area contributed by atoms with Crippen molar-refractivity contribution in [2.24, 2.45) is 10.3 Å². The highest BCUT2D eigenvalue weighted by atomic mass is 32.2. The van der Waals surface area contributed by atoms with Crippen molar-refractivity contribution in [3.8, 4) is 0 Å². The van der Waals surface area contributed by atoms with Gasteiger partial charge in [0.25, 0.3) is 11.8 Å². The number of rotatable bonds is 6. The van der Waals surface area contributed by atoms with Crippen LogP contribution in [0.15, 0.2) is 76.5 Å². The molecule has 0 radical (unpaired) electrons. The summed E-state index contributed by atoms with van der Waals surface area (Å²) in [6.07, 6.45) is 0. The van der Waals surface area contributed by atoms with Crippen molar-refractivity contribution >= 4 is 43.2 Å². The van der Waals surface area contributed by atoms with Crippen LogP contribution >= 0.6 is 0 Å². The zero-order chi connectivity index (χ0) is 23.5. The van der Waals surface area contributed by atoms with E-state index in [1.807, 2.05) is 0 Å². The molecule has 13 heteroatoms. The van der Waals surface area contributed by atoms with E-state index in [0.29, 0.717) is 11.4 Å². The van der Waals surface area contributed by atoms with Gasteiger partial charge in [-0.1, -0.05) is 6.07 Å². The zero-order valence-corrected chi connectivity index (χ0v) is 17.9. The quantitative estimate of drug-likeness (QED) is 0.406. The van der Waals surface area contributed by atoms with Gasteiger partial charge in [-0.15, -0.1) is 0 Å². The zero-order valence-electron chi connectivity index (χ0n) is 16.2. The smallest absolute Gasteiger partial charge is 0.274 e. The first-order chi connectivity index (χ1) is 14.9. The Bertz CT molecular complexity index is 1280. The predicted octanol–water partition coefficient (Wildman–Crippen LogP) is 0.881. The van der Waals surface area contributed by atoms with Gasteiger partial charge in [0.15, 0.2) is 0 Å². The lowest BCUT2D eigenvalue weighted by Crippen LogP contribution is -2.19. The van der Waals surface area contributed by atoms with Crippen LogP contribution in [0.25, 0.3) is 0 Å². The third kappa shape index (κ3) is 5.73. The number of nitrogens with zero attached hydrogens (tertiary/aromatic N) is 1. The Morgan fingerprint density at radius 3 is 1.28 bits per heavy atom. The summed E-state index contributed by atoms with van der Waals surface area (Å²) in [4.78, 5) is 28.7. The Morgan fingerprint density at radius 2 is 0.969 bits per heavy atom. The molecule has 0 saturated carbocycles. The molecular formula is C19H17N5O6S2. The fourth-order valence-electron chi connectivity index (χ4n) is 2.53. The van der Waals surface area contributed by atoms with Crippen LogP contribution in [0, 0.1) is 0 Å². The summed E-state index contributed by atoms with van der Waals surface area (Å²) in [5.41, 5.74) is 0.485. The Labute approximate surface area is 183 Å². The second-order valence-electron chi connectivity index (χ2n) is 6.46. The molecule has 32 heavy (non-hydrogen) atoms. The van der Waals surface area contributed by atoms with Crippen molar-refractivity contribution in [2.45, 2.75) is 9.79 Å². The van der Waals surface area contributed by atoms with Crippen LogP contribution in [0.3, 0.4) is 0 Å². The molecule has 1 heterocycles. The number of hydrogen-bond acceptors (Lipinski definition) is 7. The number of anilines is 2. The number of amides is 2. The molecule has 0 fully saturated rings. The number of aromatic nitrogens is 1. The van der Waals surface area contributed by atoms with Gasteiger partial charge in [0.05, 0.1) is 9.79 Å². The summed E-state index contributed by atoms with van der Waals surface area (Å²) in [6, 6.07) is 14.7. The van der Waals surface area contributed by atoms with Gasteiger partial charge >= 0.3 is 0 Å². The minimum absolute atomic E-state index is 0.0576. The van der Waals surface area contributed by atoms with Crippen LogP contribution in [0.2, 0.25) is 0 Å². The van der Waals surface area contributed by atoms with Crippen molar-refractivity contribution in [2.75, 3.05) is 10.6 Å². The predicted molar refractivity (Wildman–Crippen MR) is 116 cm³/mol. The molecule has 1 aromatic heterocycles. The number of sulfonamides is 2. The highest BCUT2D eigenvalue weighted by Crippen LogP contribution is 2.15. The molecule has 0 unspecified atom stereocenters. The van der Waals surface area contributed by atoms with Crippen LogP contribution in [-0.2, 0) is 20.0 Å². The van der Waals surface area contributed by atoms with E-state index < -0.39 is 31.9 Å². The molecule has 0 bridgehead atoms. The van der Waals surface area contributed by atoms with Crippen LogP contribution in [0.5, 0.6) is 0 Å². The summed E-state index contributed by atoms with van der Waals surface area (Å²) in [5.74, 6) is -1.25. The molecule has 0 atom stereocenters. The topological polar surface area (TPSA) is 191 Å². The average molecular weight is 476 g/mol. The number of pyridine rings is 1. The van der Waals surface area contributed by atoms with Gasteiger partial charge < -0.3 is 10.6 Å². The monoisotopic (exact) mass is 475 g/mol. The first-order valence-corrected chi connectivity index (χ1v) is 11.9. The molecular weight excluding hydrogens is 458 g/mol. The van der Waals surface area contributed by atoms with Crippen LogP contribution in [0.1, 0.15) is 21.0 Å². The summed E-state index contributed by atoms with van der Waals surface area (Å²) < 4.78 is 45.2. The summed E-state index contributed by atoms with van der Waals surface area (Å²) in [5, 5.41) is 15.1. The van der Waals surface area contributed by atoms with Crippen molar-refractivity contribution in [1.29, 1.82) is 0 Å². The molecule has 166 valence electrons. The van der Waals surface area contributed by atoms with E-state index >= 15 is 0 Å².